The monoisotopic (exact) mass is 303 g/mol. The molecule has 2 aromatic heterocycles. The molecule has 1 atom stereocenters. The lowest BCUT2D eigenvalue weighted by Crippen LogP contribution is -2.38. The lowest BCUT2D eigenvalue weighted by molar-refractivity contribution is 0.566. The zero-order valence-corrected chi connectivity index (χ0v) is 13.1. The first kappa shape index (κ1) is 14.4. The predicted molar refractivity (Wildman–Crippen MR) is 85.6 cm³/mol. The SMILES string of the molecule is CCc1nc(CNC[C@@H]2CCCN2c2cccnn2)cs1. The molecule has 1 saturated heterocycles. The third-order valence-electron chi connectivity index (χ3n) is 3.82. The van der Waals surface area contributed by atoms with Gasteiger partial charge < -0.3 is 10.2 Å². The van der Waals surface area contributed by atoms with Gasteiger partial charge in [-0.25, -0.2) is 4.98 Å². The molecule has 1 aliphatic rings. The minimum absolute atomic E-state index is 0.506. The quantitative estimate of drug-likeness (QED) is 0.887. The predicted octanol–water partition coefficient (Wildman–Crippen LogP) is 2.25. The Morgan fingerprint density at radius 1 is 1.48 bits per heavy atom. The van der Waals surface area contributed by atoms with Crippen LogP contribution in [0.1, 0.15) is 30.5 Å². The van der Waals surface area contributed by atoms with Gasteiger partial charge in [-0.05, 0) is 31.4 Å². The number of aryl methyl sites for hydroxylation is 1. The zero-order valence-electron chi connectivity index (χ0n) is 12.3. The van der Waals surface area contributed by atoms with Crippen LogP contribution >= 0.6 is 11.3 Å². The first-order valence-corrected chi connectivity index (χ1v) is 8.43. The van der Waals surface area contributed by atoms with E-state index in [0.29, 0.717) is 6.04 Å². The highest BCUT2D eigenvalue weighted by molar-refractivity contribution is 7.09. The van der Waals surface area contributed by atoms with Crippen LogP contribution in [0.25, 0.3) is 0 Å². The molecule has 0 saturated carbocycles. The van der Waals surface area contributed by atoms with E-state index in [4.69, 9.17) is 0 Å². The Morgan fingerprint density at radius 3 is 3.19 bits per heavy atom. The molecule has 3 rings (SSSR count). The van der Waals surface area contributed by atoms with Crippen LogP contribution in [0, 0.1) is 0 Å². The molecule has 5 nitrogen and oxygen atoms in total. The van der Waals surface area contributed by atoms with Gasteiger partial charge in [0, 0.05) is 37.3 Å². The fourth-order valence-electron chi connectivity index (χ4n) is 2.76. The average Bonchev–Trinajstić information content (AvgIpc) is 3.17. The molecule has 2 aromatic rings. The third kappa shape index (κ3) is 3.57. The van der Waals surface area contributed by atoms with E-state index < -0.39 is 0 Å². The van der Waals surface area contributed by atoms with Gasteiger partial charge in [0.05, 0.1) is 10.7 Å². The van der Waals surface area contributed by atoms with Crippen molar-refractivity contribution >= 4 is 17.2 Å². The van der Waals surface area contributed by atoms with E-state index in [1.807, 2.05) is 12.1 Å². The van der Waals surface area contributed by atoms with Crippen LogP contribution in [0.15, 0.2) is 23.7 Å². The van der Waals surface area contributed by atoms with Crippen LogP contribution in [0.3, 0.4) is 0 Å². The number of nitrogens with zero attached hydrogens (tertiary/aromatic N) is 4. The van der Waals surface area contributed by atoms with Crippen molar-refractivity contribution in [3.63, 3.8) is 0 Å². The molecule has 0 unspecified atom stereocenters. The number of rotatable bonds is 6. The molecular formula is C15H21N5S. The number of thiazole rings is 1. The first-order valence-electron chi connectivity index (χ1n) is 7.55. The molecule has 0 bridgehead atoms. The van der Waals surface area contributed by atoms with Gasteiger partial charge in [-0.2, -0.15) is 5.10 Å². The summed E-state index contributed by atoms with van der Waals surface area (Å²) in [6, 6.07) is 4.50. The van der Waals surface area contributed by atoms with E-state index in [1.54, 1.807) is 17.5 Å². The van der Waals surface area contributed by atoms with Crippen molar-refractivity contribution in [3.05, 3.63) is 34.4 Å². The van der Waals surface area contributed by atoms with Gasteiger partial charge in [0.25, 0.3) is 0 Å². The Kier molecular flexibility index (Phi) is 4.77. The standard InChI is InChI=1S/C15H21N5S/c1-2-15-18-12(11-21-15)9-16-10-13-5-4-8-20(13)14-6-3-7-17-19-14/h3,6-7,11,13,16H,2,4-5,8-10H2,1H3/t13-/m0/s1. The number of anilines is 1. The van der Waals surface area contributed by atoms with E-state index in [-0.39, 0.29) is 0 Å². The van der Waals surface area contributed by atoms with Crippen LogP contribution in [-0.4, -0.2) is 34.3 Å². The fourth-order valence-corrected chi connectivity index (χ4v) is 3.50. The fraction of sp³-hybridized carbons (Fsp3) is 0.533. The summed E-state index contributed by atoms with van der Waals surface area (Å²) in [6.45, 7) is 5.03. The Morgan fingerprint density at radius 2 is 2.43 bits per heavy atom. The van der Waals surface area contributed by atoms with E-state index in [9.17, 15) is 0 Å². The molecule has 0 spiro atoms. The number of aromatic nitrogens is 3. The molecule has 3 heterocycles. The molecule has 0 aliphatic carbocycles. The van der Waals surface area contributed by atoms with Gasteiger partial charge in [0.15, 0.2) is 5.82 Å². The first-order chi connectivity index (χ1) is 10.4. The maximum atomic E-state index is 4.59. The summed E-state index contributed by atoms with van der Waals surface area (Å²) in [5.74, 6) is 0.990. The molecule has 0 amide bonds. The van der Waals surface area contributed by atoms with Crippen LogP contribution < -0.4 is 10.2 Å². The maximum absolute atomic E-state index is 4.59. The normalized spacial score (nSPS) is 18.3. The van der Waals surface area contributed by atoms with Crippen molar-refractivity contribution in [1.82, 2.24) is 20.5 Å². The summed E-state index contributed by atoms with van der Waals surface area (Å²) in [6.07, 6.45) is 5.18. The molecular weight excluding hydrogens is 282 g/mol. The molecule has 0 aromatic carbocycles. The highest BCUT2D eigenvalue weighted by Gasteiger charge is 2.25. The van der Waals surface area contributed by atoms with Gasteiger partial charge >= 0.3 is 0 Å². The molecule has 1 aliphatic heterocycles. The molecule has 0 radical (unpaired) electrons. The van der Waals surface area contributed by atoms with Crippen molar-refractivity contribution in [3.8, 4) is 0 Å². The average molecular weight is 303 g/mol. The summed E-state index contributed by atoms with van der Waals surface area (Å²) in [5, 5.41) is 15.1. The number of hydrogen-bond acceptors (Lipinski definition) is 6. The van der Waals surface area contributed by atoms with Crippen LogP contribution in [0.5, 0.6) is 0 Å². The van der Waals surface area contributed by atoms with Crippen molar-refractivity contribution in [2.45, 2.75) is 38.8 Å². The summed E-state index contributed by atoms with van der Waals surface area (Å²) < 4.78 is 0. The second kappa shape index (κ2) is 6.95. The Labute approximate surface area is 129 Å². The topological polar surface area (TPSA) is 53.9 Å². The van der Waals surface area contributed by atoms with Crippen molar-refractivity contribution in [2.24, 2.45) is 0 Å². The summed E-state index contributed by atoms with van der Waals surface area (Å²) >= 11 is 1.75. The third-order valence-corrected chi connectivity index (χ3v) is 4.86. The number of hydrogen-bond donors (Lipinski definition) is 1. The lowest BCUT2D eigenvalue weighted by atomic mass is 10.2. The van der Waals surface area contributed by atoms with Gasteiger partial charge in [0.1, 0.15) is 0 Å². The number of nitrogens with one attached hydrogen (secondary N) is 1. The van der Waals surface area contributed by atoms with Crippen molar-refractivity contribution < 1.29 is 0 Å². The Balaban J connectivity index is 1.52. The Bertz CT molecular complexity index is 556. The molecule has 6 heteroatoms. The lowest BCUT2D eigenvalue weighted by Gasteiger charge is -2.25. The summed E-state index contributed by atoms with van der Waals surface area (Å²) in [4.78, 5) is 6.95. The summed E-state index contributed by atoms with van der Waals surface area (Å²) in [5.41, 5.74) is 1.15. The highest BCUT2D eigenvalue weighted by Crippen LogP contribution is 2.22. The molecule has 112 valence electrons. The molecule has 1 fully saturated rings. The minimum atomic E-state index is 0.506. The van der Waals surface area contributed by atoms with Crippen molar-refractivity contribution in [1.29, 1.82) is 0 Å². The van der Waals surface area contributed by atoms with E-state index in [1.165, 1.54) is 17.8 Å². The van der Waals surface area contributed by atoms with Crippen LogP contribution in [0.2, 0.25) is 0 Å². The van der Waals surface area contributed by atoms with Gasteiger partial charge in [-0.15, -0.1) is 16.4 Å². The van der Waals surface area contributed by atoms with Gasteiger partial charge in [-0.1, -0.05) is 6.92 Å². The zero-order chi connectivity index (χ0) is 14.5. The van der Waals surface area contributed by atoms with E-state index in [0.717, 1.165) is 37.6 Å². The van der Waals surface area contributed by atoms with Gasteiger partial charge in [0.2, 0.25) is 0 Å². The van der Waals surface area contributed by atoms with Crippen molar-refractivity contribution in [2.75, 3.05) is 18.0 Å². The van der Waals surface area contributed by atoms with E-state index >= 15 is 0 Å². The van der Waals surface area contributed by atoms with Gasteiger partial charge in [-0.3, -0.25) is 0 Å². The minimum Gasteiger partial charge on any atom is -0.351 e. The summed E-state index contributed by atoms with van der Waals surface area (Å²) in [7, 11) is 0. The Hall–Kier alpha value is -1.53. The molecule has 21 heavy (non-hydrogen) atoms. The smallest absolute Gasteiger partial charge is 0.151 e. The second-order valence-electron chi connectivity index (χ2n) is 5.29. The largest absolute Gasteiger partial charge is 0.351 e. The van der Waals surface area contributed by atoms with Crippen LogP contribution in [-0.2, 0) is 13.0 Å². The molecule has 1 N–H and O–H groups in total. The second-order valence-corrected chi connectivity index (χ2v) is 6.23. The van der Waals surface area contributed by atoms with Crippen LogP contribution in [0.4, 0.5) is 5.82 Å². The maximum Gasteiger partial charge on any atom is 0.151 e. The van der Waals surface area contributed by atoms with E-state index in [2.05, 4.69) is 37.7 Å². The highest BCUT2D eigenvalue weighted by atomic mass is 32.1.